The average Bonchev–Trinajstić information content (AvgIpc) is 3.35. The highest BCUT2D eigenvalue weighted by atomic mass is 16.5. The van der Waals surface area contributed by atoms with E-state index in [4.69, 9.17) is 4.74 Å². The lowest BCUT2D eigenvalue weighted by Crippen LogP contribution is -2.05. The minimum atomic E-state index is 0.497. The molecule has 9 heteroatoms. The van der Waals surface area contributed by atoms with E-state index in [1.165, 1.54) is 6.33 Å². The van der Waals surface area contributed by atoms with Crippen LogP contribution in [0.3, 0.4) is 0 Å². The normalized spacial score (nSPS) is 12.6. The summed E-state index contributed by atoms with van der Waals surface area (Å²) >= 11 is 0. The van der Waals surface area contributed by atoms with Crippen molar-refractivity contribution >= 4 is 22.5 Å². The zero-order chi connectivity index (χ0) is 19.5. The van der Waals surface area contributed by atoms with Gasteiger partial charge in [-0.3, -0.25) is 0 Å². The SMILES string of the molecule is C=C/C(=C\C=C(/C)c1cnc2nnn(Cc3ccc4ncnn4c3)c2n1)OC. The molecule has 0 aliphatic rings. The molecule has 0 atom stereocenters. The van der Waals surface area contributed by atoms with E-state index < -0.39 is 0 Å². The molecule has 0 aromatic carbocycles. The van der Waals surface area contributed by atoms with E-state index in [2.05, 4.69) is 36.9 Å². The van der Waals surface area contributed by atoms with E-state index in [-0.39, 0.29) is 0 Å². The predicted octanol–water partition coefficient (Wildman–Crippen LogP) is 2.43. The van der Waals surface area contributed by atoms with Crippen molar-refractivity contribution in [3.63, 3.8) is 0 Å². The monoisotopic (exact) mass is 374 g/mol. The molecular weight excluding hydrogens is 356 g/mol. The quantitative estimate of drug-likeness (QED) is 0.378. The van der Waals surface area contributed by atoms with E-state index >= 15 is 0 Å². The Hall–Kier alpha value is -3.88. The van der Waals surface area contributed by atoms with Crippen LogP contribution < -0.4 is 0 Å². The van der Waals surface area contributed by atoms with Gasteiger partial charge in [0.15, 0.2) is 11.3 Å². The molecule has 4 heterocycles. The van der Waals surface area contributed by atoms with Crippen LogP contribution in [0.5, 0.6) is 0 Å². The van der Waals surface area contributed by atoms with Crippen molar-refractivity contribution in [3.8, 4) is 0 Å². The van der Waals surface area contributed by atoms with Crippen LogP contribution in [0.15, 0.2) is 61.4 Å². The summed E-state index contributed by atoms with van der Waals surface area (Å²) in [5.41, 5.74) is 4.57. The molecule has 28 heavy (non-hydrogen) atoms. The maximum absolute atomic E-state index is 5.18. The van der Waals surface area contributed by atoms with Gasteiger partial charge in [0.25, 0.3) is 0 Å². The number of methoxy groups -OCH3 is 1. The van der Waals surface area contributed by atoms with E-state index in [1.807, 2.05) is 37.4 Å². The van der Waals surface area contributed by atoms with Gasteiger partial charge in [-0.25, -0.2) is 24.1 Å². The van der Waals surface area contributed by atoms with Crippen molar-refractivity contribution < 1.29 is 4.74 Å². The molecular formula is C19H18N8O. The lowest BCUT2D eigenvalue weighted by molar-refractivity contribution is 0.307. The highest BCUT2D eigenvalue weighted by Crippen LogP contribution is 2.15. The van der Waals surface area contributed by atoms with Crippen LogP contribution in [0.25, 0.3) is 22.5 Å². The first-order valence-corrected chi connectivity index (χ1v) is 8.58. The molecule has 0 fully saturated rings. The minimum absolute atomic E-state index is 0.497. The summed E-state index contributed by atoms with van der Waals surface area (Å²) < 4.78 is 8.62. The molecule has 0 unspecified atom stereocenters. The zero-order valence-electron chi connectivity index (χ0n) is 15.5. The number of hydrogen-bond acceptors (Lipinski definition) is 7. The smallest absolute Gasteiger partial charge is 0.221 e. The number of rotatable bonds is 6. The number of fused-ring (bicyclic) bond motifs is 2. The molecule has 4 rings (SSSR count). The van der Waals surface area contributed by atoms with Crippen LogP contribution in [-0.2, 0) is 11.3 Å². The number of nitrogens with zero attached hydrogens (tertiary/aromatic N) is 8. The minimum Gasteiger partial charge on any atom is -0.497 e. The number of pyridine rings is 1. The van der Waals surface area contributed by atoms with Crippen molar-refractivity contribution in [2.75, 3.05) is 7.11 Å². The molecule has 0 aliphatic heterocycles. The Morgan fingerprint density at radius 1 is 1.25 bits per heavy atom. The third kappa shape index (κ3) is 3.37. The molecule has 0 saturated heterocycles. The largest absolute Gasteiger partial charge is 0.497 e. The van der Waals surface area contributed by atoms with Crippen molar-refractivity contribution in [1.82, 2.24) is 39.6 Å². The first-order valence-electron chi connectivity index (χ1n) is 8.58. The number of ether oxygens (including phenoxy) is 1. The van der Waals surface area contributed by atoms with Crippen molar-refractivity contribution in [2.24, 2.45) is 0 Å². The number of aromatic nitrogens is 8. The third-order valence-electron chi connectivity index (χ3n) is 4.23. The molecule has 0 amide bonds. The summed E-state index contributed by atoms with van der Waals surface area (Å²) in [4.78, 5) is 13.2. The Labute approximate surface area is 160 Å². The molecule has 0 radical (unpaired) electrons. The fourth-order valence-corrected chi connectivity index (χ4v) is 2.69. The topological polar surface area (TPSA) is 95.9 Å². The standard InChI is InChI=1S/C19H18N8O/c1-4-15(28-3)7-5-13(2)16-9-20-18-19(23-16)27(25-24-18)11-14-6-8-17-21-12-22-26(17)10-14/h4-10,12H,1,11H2,2-3H3/b13-5+,15-7+. The second kappa shape index (κ2) is 7.39. The zero-order valence-corrected chi connectivity index (χ0v) is 15.5. The molecule has 0 N–H and O–H groups in total. The highest BCUT2D eigenvalue weighted by molar-refractivity contribution is 5.70. The van der Waals surface area contributed by atoms with E-state index in [1.54, 1.807) is 28.6 Å². The average molecular weight is 374 g/mol. The van der Waals surface area contributed by atoms with Gasteiger partial charge in [0.2, 0.25) is 5.65 Å². The van der Waals surface area contributed by atoms with Crippen LogP contribution in [0.1, 0.15) is 18.2 Å². The Bertz CT molecular complexity index is 1220. The fraction of sp³-hybridized carbons (Fsp3) is 0.158. The van der Waals surface area contributed by atoms with Gasteiger partial charge < -0.3 is 4.74 Å². The van der Waals surface area contributed by atoms with Crippen LogP contribution in [0.4, 0.5) is 0 Å². The first-order chi connectivity index (χ1) is 13.7. The van der Waals surface area contributed by atoms with Crippen molar-refractivity contribution in [2.45, 2.75) is 13.5 Å². The van der Waals surface area contributed by atoms with Gasteiger partial charge in [0.1, 0.15) is 12.1 Å². The molecule has 0 bridgehead atoms. The predicted molar refractivity (Wildman–Crippen MR) is 104 cm³/mol. The van der Waals surface area contributed by atoms with Gasteiger partial charge in [-0.2, -0.15) is 5.10 Å². The van der Waals surface area contributed by atoms with E-state index in [0.29, 0.717) is 23.6 Å². The van der Waals surface area contributed by atoms with Crippen LogP contribution in [0.2, 0.25) is 0 Å². The van der Waals surface area contributed by atoms with E-state index in [0.717, 1.165) is 22.5 Å². The summed E-state index contributed by atoms with van der Waals surface area (Å²) in [5.74, 6) is 0.670. The fourth-order valence-electron chi connectivity index (χ4n) is 2.69. The van der Waals surface area contributed by atoms with Crippen molar-refractivity contribution in [1.29, 1.82) is 0 Å². The van der Waals surface area contributed by atoms with Crippen LogP contribution in [0, 0.1) is 0 Å². The Morgan fingerprint density at radius 2 is 2.14 bits per heavy atom. The van der Waals surface area contributed by atoms with Crippen LogP contribution in [-0.4, -0.2) is 46.7 Å². The molecule has 0 aliphatic carbocycles. The molecule has 4 aromatic rings. The van der Waals surface area contributed by atoms with Gasteiger partial charge in [0.05, 0.1) is 25.5 Å². The maximum Gasteiger partial charge on any atom is 0.221 e. The Morgan fingerprint density at radius 3 is 2.96 bits per heavy atom. The lowest BCUT2D eigenvalue weighted by Gasteiger charge is -2.04. The number of allylic oxidation sites excluding steroid dienone is 4. The highest BCUT2D eigenvalue weighted by Gasteiger charge is 2.10. The lowest BCUT2D eigenvalue weighted by atomic mass is 10.2. The summed E-state index contributed by atoms with van der Waals surface area (Å²) in [6.45, 7) is 6.15. The van der Waals surface area contributed by atoms with Gasteiger partial charge in [-0.15, -0.1) is 5.10 Å². The van der Waals surface area contributed by atoms with Gasteiger partial charge in [0, 0.05) is 6.20 Å². The van der Waals surface area contributed by atoms with Gasteiger partial charge in [-0.05, 0) is 36.3 Å². The molecule has 9 nitrogen and oxygen atoms in total. The van der Waals surface area contributed by atoms with Gasteiger partial charge >= 0.3 is 0 Å². The first kappa shape index (κ1) is 17.5. The Kier molecular flexibility index (Phi) is 4.63. The number of hydrogen-bond donors (Lipinski definition) is 0. The Balaban J connectivity index is 1.66. The summed E-state index contributed by atoms with van der Waals surface area (Å²) in [5, 5.41) is 12.5. The third-order valence-corrected chi connectivity index (χ3v) is 4.23. The maximum atomic E-state index is 5.18. The second-order valence-corrected chi connectivity index (χ2v) is 6.08. The summed E-state index contributed by atoms with van der Waals surface area (Å²) in [6, 6.07) is 3.89. The summed E-state index contributed by atoms with van der Waals surface area (Å²) in [7, 11) is 1.60. The van der Waals surface area contributed by atoms with Crippen molar-refractivity contribution in [3.05, 3.63) is 72.7 Å². The molecule has 0 spiro atoms. The van der Waals surface area contributed by atoms with Crippen LogP contribution >= 0.6 is 0 Å². The van der Waals surface area contributed by atoms with E-state index in [9.17, 15) is 0 Å². The van der Waals surface area contributed by atoms with Gasteiger partial charge in [-0.1, -0.05) is 23.9 Å². The molecule has 4 aromatic heterocycles. The summed E-state index contributed by atoms with van der Waals surface area (Å²) in [6.07, 6.45) is 10.5. The second-order valence-electron chi connectivity index (χ2n) is 6.08. The molecule has 140 valence electrons. The molecule has 0 saturated carbocycles.